The number of carbonyl (C=O) groups is 4. The van der Waals surface area contributed by atoms with Gasteiger partial charge < -0.3 is 35.1 Å². The highest BCUT2D eigenvalue weighted by molar-refractivity contribution is 5.91. The van der Waals surface area contributed by atoms with Gasteiger partial charge in [0.05, 0.1) is 12.6 Å². The van der Waals surface area contributed by atoms with Crippen LogP contribution in [0.3, 0.4) is 0 Å². The minimum absolute atomic E-state index is 0.150. The van der Waals surface area contributed by atoms with Crippen molar-refractivity contribution < 1.29 is 33.4 Å². The molecule has 1 fully saturated rings. The Morgan fingerprint density at radius 2 is 1.95 bits per heavy atom. The fraction of sp³-hybridized carbons (Fsp3) is 0.586. The van der Waals surface area contributed by atoms with E-state index in [0.29, 0.717) is 18.7 Å². The third-order valence-electron chi connectivity index (χ3n) is 6.93. The van der Waals surface area contributed by atoms with Gasteiger partial charge in [0.15, 0.2) is 0 Å². The average Bonchev–Trinajstić information content (AvgIpc) is 3.44. The molecule has 4 N–H and O–H groups in total. The zero-order chi connectivity index (χ0) is 31.1. The summed E-state index contributed by atoms with van der Waals surface area (Å²) in [5.41, 5.74) is 7.04. The van der Waals surface area contributed by atoms with Gasteiger partial charge in [-0.15, -0.1) is 0 Å². The van der Waals surface area contributed by atoms with Crippen molar-refractivity contribution >= 4 is 35.8 Å². The maximum absolute atomic E-state index is 14.0. The lowest BCUT2D eigenvalue weighted by molar-refractivity contribution is -0.147. The summed E-state index contributed by atoms with van der Waals surface area (Å²) in [6, 6.07) is -2.37. The van der Waals surface area contributed by atoms with E-state index in [2.05, 4.69) is 16.9 Å². The van der Waals surface area contributed by atoms with Crippen LogP contribution in [-0.4, -0.2) is 95.3 Å². The highest BCUT2D eigenvalue weighted by atomic mass is 16.6. The lowest BCUT2D eigenvalue weighted by Gasteiger charge is -2.33. The van der Waals surface area contributed by atoms with E-state index in [4.69, 9.17) is 19.9 Å². The zero-order valence-electron chi connectivity index (χ0n) is 25.4. The predicted molar refractivity (Wildman–Crippen MR) is 156 cm³/mol. The van der Waals surface area contributed by atoms with Gasteiger partial charge in [-0.1, -0.05) is 24.8 Å². The molecule has 2 rings (SSSR count). The summed E-state index contributed by atoms with van der Waals surface area (Å²) in [7, 11) is 2.90. The Hall–Kier alpha value is -3.80. The summed E-state index contributed by atoms with van der Waals surface area (Å²) in [4.78, 5) is 57.3. The summed E-state index contributed by atoms with van der Waals surface area (Å²) < 4.78 is 16.3. The second kappa shape index (κ2) is 14.2. The van der Waals surface area contributed by atoms with Crippen LogP contribution in [0.5, 0.6) is 0 Å². The molecule has 2 heterocycles. The van der Waals surface area contributed by atoms with Gasteiger partial charge in [-0.05, 0) is 46.6 Å². The molecule has 1 saturated heterocycles. The Labute approximate surface area is 242 Å². The highest BCUT2D eigenvalue weighted by Crippen LogP contribution is 2.28. The van der Waals surface area contributed by atoms with Gasteiger partial charge in [-0.2, -0.15) is 0 Å². The first-order valence-electron chi connectivity index (χ1n) is 13.6. The number of nitrogens with one attached hydrogen (secondary N) is 2. The zero-order valence-corrected chi connectivity index (χ0v) is 25.4. The van der Waals surface area contributed by atoms with Crippen molar-refractivity contribution in [3.63, 3.8) is 0 Å². The summed E-state index contributed by atoms with van der Waals surface area (Å²) >= 11 is 0. The van der Waals surface area contributed by atoms with Gasteiger partial charge in [0.2, 0.25) is 11.8 Å². The fourth-order valence-electron chi connectivity index (χ4n) is 4.57. The number of nitrogen functional groups attached to an aromatic ring is 1. The largest absolute Gasteiger partial charge is 0.461 e. The highest BCUT2D eigenvalue weighted by Gasteiger charge is 2.42. The van der Waals surface area contributed by atoms with Crippen molar-refractivity contribution in [1.82, 2.24) is 20.1 Å². The van der Waals surface area contributed by atoms with Gasteiger partial charge in [0.1, 0.15) is 29.6 Å². The van der Waals surface area contributed by atoms with Crippen molar-refractivity contribution in [2.45, 2.75) is 90.3 Å². The number of methoxy groups -OCH3 is 1. The van der Waals surface area contributed by atoms with E-state index in [0.717, 1.165) is 11.1 Å². The second-order valence-electron chi connectivity index (χ2n) is 11.2. The van der Waals surface area contributed by atoms with Gasteiger partial charge in [0.25, 0.3) is 0 Å². The average molecular weight is 576 g/mol. The van der Waals surface area contributed by atoms with E-state index in [1.54, 1.807) is 57.9 Å². The van der Waals surface area contributed by atoms with E-state index < -0.39 is 53.8 Å². The van der Waals surface area contributed by atoms with Crippen LogP contribution in [0.25, 0.3) is 6.08 Å². The number of H-pyrrole nitrogens is 1. The Balaban J connectivity index is 2.32. The molecule has 1 aliphatic rings. The number of carbonyl (C=O) groups excluding carboxylic acids is 4. The van der Waals surface area contributed by atoms with Crippen LogP contribution >= 0.6 is 0 Å². The number of aromatic amines is 1. The number of likely N-dealkylation sites (N-methyl/N-ethyl adjacent to an activating group) is 1. The number of amides is 3. The van der Waals surface area contributed by atoms with Crippen LogP contribution < -0.4 is 11.1 Å². The number of nitrogens with two attached hydrogens (primary N) is 1. The van der Waals surface area contributed by atoms with Gasteiger partial charge >= 0.3 is 12.1 Å². The number of ether oxygens (including phenoxy) is 3. The Kier molecular flexibility index (Phi) is 11.6. The Bertz CT molecular complexity index is 1140. The maximum Gasteiger partial charge on any atom is 0.410 e. The number of likely N-dealkylation sites (tertiary alicyclic amines) is 1. The van der Waals surface area contributed by atoms with E-state index in [-0.39, 0.29) is 12.6 Å². The first-order valence-corrected chi connectivity index (χ1v) is 13.6. The van der Waals surface area contributed by atoms with Crippen LogP contribution in [0.2, 0.25) is 0 Å². The molecular weight excluding hydrogens is 530 g/mol. The summed E-state index contributed by atoms with van der Waals surface area (Å²) in [6.45, 7) is 13.6. The van der Waals surface area contributed by atoms with E-state index in [9.17, 15) is 19.2 Å². The number of aromatic nitrogens is 1. The molecule has 1 aromatic heterocycles. The van der Waals surface area contributed by atoms with Crippen LogP contribution in [0.15, 0.2) is 24.9 Å². The molecule has 12 heteroatoms. The first kappa shape index (κ1) is 33.4. The molecule has 5 atom stereocenters. The molecule has 1 aliphatic heterocycles. The smallest absolute Gasteiger partial charge is 0.410 e. The van der Waals surface area contributed by atoms with Crippen molar-refractivity contribution in [3.05, 3.63) is 36.1 Å². The van der Waals surface area contributed by atoms with E-state index >= 15 is 0 Å². The fourth-order valence-corrected chi connectivity index (χ4v) is 4.57. The number of hydrogen-bond acceptors (Lipinski definition) is 8. The van der Waals surface area contributed by atoms with Crippen LogP contribution in [-0.2, 0) is 35.0 Å². The molecule has 0 radical (unpaired) electrons. The number of esters is 1. The Morgan fingerprint density at radius 1 is 1.29 bits per heavy atom. The third kappa shape index (κ3) is 9.10. The van der Waals surface area contributed by atoms with Crippen molar-refractivity contribution in [2.24, 2.45) is 0 Å². The number of anilines is 1. The van der Waals surface area contributed by atoms with Crippen molar-refractivity contribution in [1.29, 1.82) is 0 Å². The summed E-state index contributed by atoms with van der Waals surface area (Å²) in [6.07, 6.45) is 5.96. The maximum atomic E-state index is 14.0. The lowest BCUT2D eigenvalue weighted by Crippen LogP contribution is -2.58. The molecule has 12 nitrogen and oxygen atoms in total. The van der Waals surface area contributed by atoms with Crippen molar-refractivity contribution in [3.8, 4) is 0 Å². The SMILES string of the molecule is C=C/C=C\c1c(C[C@@H]2C[C@H](OC(C)=O)CN2C(=O)[C@@H](NC(=O)[C@H](C)N(C)C(=O)OC(C)(C)C)[C@@H](C)OC)c[nH]c1N. The van der Waals surface area contributed by atoms with Gasteiger partial charge in [-0.3, -0.25) is 19.3 Å². The molecule has 0 aliphatic carbocycles. The second-order valence-corrected chi connectivity index (χ2v) is 11.2. The van der Waals surface area contributed by atoms with E-state index in [1.165, 1.54) is 26.0 Å². The minimum atomic E-state index is -1.07. The van der Waals surface area contributed by atoms with Crippen LogP contribution in [0, 0.1) is 0 Å². The molecule has 0 unspecified atom stereocenters. The molecule has 1 aromatic rings. The third-order valence-corrected chi connectivity index (χ3v) is 6.93. The normalized spacial score (nSPS) is 19.4. The van der Waals surface area contributed by atoms with Crippen LogP contribution in [0.1, 0.15) is 59.1 Å². The molecule has 0 aromatic carbocycles. The topological polar surface area (TPSA) is 156 Å². The Morgan fingerprint density at radius 3 is 2.51 bits per heavy atom. The first-order chi connectivity index (χ1) is 19.1. The predicted octanol–water partition coefficient (Wildman–Crippen LogP) is 2.65. The molecule has 0 spiro atoms. The molecule has 228 valence electrons. The summed E-state index contributed by atoms with van der Waals surface area (Å²) in [5.74, 6) is -0.918. The van der Waals surface area contributed by atoms with Crippen molar-refractivity contribution in [2.75, 3.05) is 26.4 Å². The van der Waals surface area contributed by atoms with Gasteiger partial charge in [-0.25, -0.2) is 4.79 Å². The monoisotopic (exact) mass is 575 g/mol. The number of nitrogens with zero attached hydrogens (tertiary/aromatic N) is 2. The van der Waals surface area contributed by atoms with E-state index in [1.807, 2.05) is 6.08 Å². The molecular formula is C29H45N5O7. The number of hydrogen-bond donors (Lipinski definition) is 3. The lowest BCUT2D eigenvalue weighted by atomic mass is 10.0. The van der Waals surface area contributed by atoms with Crippen LogP contribution in [0.4, 0.5) is 10.6 Å². The quantitative estimate of drug-likeness (QED) is 0.269. The number of rotatable bonds is 11. The molecule has 0 saturated carbocycles. The van der Waals surface area contributed by atoms with Gasteiger partial charge in [0, 0.05) is 45.3 Å². The molecule has 41 heavy (non-hydrogen) atoms. The number of allylic oxidation sites excluding steroid dienone is 2. The molecule has 3 amide bonds. The molecule has 0 bridgehead atoms. The standard InChI is InChI=1S/C29H45N5O7/c1-10-11-12-23-20(15-31-25(23)30)13-21-14-22(40-19(4)35)16-34(21)27(37)24(18(3)39-9)32-26(36)17(2)33(8)28(38)41-29(5,6)7/h10-12,15,17-18,21-22,24,31H,1,13-14,16,30H2,2-9H3,(H,32,36)/b12-11-/t17-,18+,21+,22-,24-/m0/s1. The summed E-state index contributed by atoms with van der Waals surface area (Å²) in [5, 5.41) is 2.77. The minimum Gasteiger partial charge on any atom is -0.461 e.